The number of carbonyl (C=O) groups excluding carboxylic acids is 1. The summed E-state index contributed by atoms with van der Waals surface area (Å²) in [4.78, 5) is 13.3. The average Bonchev–Trinajstić information content (AvgIpc) is 1.35. The Bertz CT molecular complexity index is 1420. The van der Waals surface area contributed by atoms with Gasteiger partial charge in [-0.05, 0) is 12.8 Å². The summed E-state index contributed by atoms with van der Waals surface area (Å²) in [5, 5.41) is 76.8. The first-order valence-corrected chi connectivity index (χ1v) is 40.4. The number of nitrogens with one attached hydrogen (secondary N) is 1. The zero-order valence-electron chi connectivity index (χ0n) is 59.9. The van der Waals surface area contributed by atoms with Crippen molar-refractivity contribution >= 4 is 5.91 Å². The van der Waals surface area contributed by atoms with Crippen LogP contribution < -0.4 is 5.32 Å². The number of unbranched alkanes of at least 4 members (excludes halogenated alkanes) is 61. The predicted molar refractivity (Wildman–Crippen MR) is 381 cm³/mol. The second-order valence-corrected chi connectivity index (χ2v) is 28.9. The Morgan fingerprint density at radius 1 is 0.344 bits per heavy atom. The second kappa shape index (κ2) is 68.1. The monoisotopic (exact) mass is 1280 g/mol. The predicted octanol–water partition coefficient (Wildman–Crippen LogP) is 20.8. The molecule has 11 heteroatoms. The van der Waals surface area contributed by atoms with Crippen molar-refractivity contribution in [3.05, 3.63) is 0 Å². The van der Waals surface area contributed by atoms with E-state index in [4.69, 9.17) is 9.47 Å². The first kappa shape index (κ1) is 87.1. The van der Waals surface area contributed by atoms with Crippen molar-refractivity contribution in [2.24, 2.45) is 0 Å². The van der Waals surface area contributed by atoms with E-state index in [0.29, 0.717) is 19.3 Å². The number of aliphatic hydroxyl groups excluding tert-OH is 7. The van der Waals surface area contributed by atoms with Gasteiger partial charge in [-0.3, -0.25) is 4.79 Å². The molecule has 9 atom stereocenters. The van der Waals surface area contributed by atoms with Crippen LogP contribution in [0.2, 0.25) is 0 Å². The van der Waals surface area contributed by atoms with Crippen LogP contribution in [0.3, 0.4) is 0 Å². The Morgan fingerprint density at radius 3 is 0.822 bits per heavy atom. The van der Waals surface area contributed by atoms with Gasteiger partial charge in [-0.25, -0.2) is 0 Å². The molecule has 90 heavy (non-hydrogen) atoms. The first-order valence-electron chi connectivity index (χ1n) is 40.4. The lowest BCUT2D eigenvalue weighted by Gasteiger charge is -2.40. The fourth-order valence-corrected chi connectivity index (χ4v) is 13.7. The first-order chi connectivity index (χ1) is 44.2. The number of rotatable bonds is 73. The largest absolute Gasteiger partial charge is 0.394 e. The summed E-state index contributed by atoms with van der Waals surface area (Å²) in [5.74, 6) is -0.685. The maximum absolute atomic E-state index is 13.3. The fraction of sp³-hybridized carbons (Fsp3) is 0.987. The summed E-state index contributed by atoms with van der Waals surface area (Å²) in [6.45, 7) is 3.55. The van der Waals surface area contributed by atoms with Gasteiger partial charge >= 0.3 is 0 Å². The maximum Gasteiger partial charge on any atom is 0.249 e. The van der Waals surface area contributed by atoms with Crippen LogP contribution in [0, 0.1) is 0 Å². The van der Waals surface area contributed by atoms with E-state index in [9.17, 15) is 40.5 Å². The zero-order chi connectivity index (χ0) is 65.3. The maximum atomic E-state index is 13.3. The van der Waals surface area contributed by atoms with Crippen molar-refractivity contribution in [3.8, 4) is 0 Å². The van der Waals surface area contributed by atoms with Gasteiger partial charge < -0.3 is 50.5 Å². The molecule has 0 bridgehead atoms. The van der Waals surface area contributed by atoms with E-state index < -0.39 is 74.2 Å². The third-order valence-electron chi connectivity index (χ3n) is 20.2. The summed E-state index contributed by atoms with van der Waals surface area (Å²) >= 11 is 0. The smallest absolute Gasteiger partial charge is 0.249 e. The summed E-state index contributed by atoms with van der Waals surface area (Å²) in [6, 6.07) is -1.17. The third-order valence-corrected chi connectivity index (χ3v) is 20.2. The molecule has 1 fully saturated rings. The molecule has 0 spiro atoms. The SMILES string of the molecule is CCCCCCCCCCCCCCCCCCCCCCCCCCCCCCCCCCC(O)C(=O)NC(COC1OC(CO)C(O)C(O)C1O)C(O)C(O)CCCCCCCCCCCCCCCCCCCCCCCCCCCCCCCCC. The number of carbonyl (C=O) groups is 1. The Kier molecular flexibility index (Phi) is 65.9. The molecule has 9 unspecified atom stereocenters. The molecular formula is C79H157NO10. The van der Waals surface area contributed by atoms with E-state index in [-0.39, 0.29) is 6.42 Å². The Morgan fingerprint density at radius 2 is 0.578 bits per heavy atom. The van der Waals surface area contributed by atoms with Gasteiger partial charge in [-0.2, -0.15) is 0 Å². The molecule has 1 aliphatic heterocycles. The number of ether oxygens (including phenoxy) is 2. The molecule has 0 radical (unpaired) electrons. The van der Waals surface area contributed by atoms with Crippen LogP contribution in [0.25, 0.3) is 0 Å². The van der Waals surface area contributed by atoms with E-state index in [1.807, 2.05) is 0 Å². The molecule has 0 aromatic carbocycles. The van der Waals surface area contributed by atoms with Crippen molar-refractivity contribution in [1.82, 2.24) is 5.32 Å². The Balaban J connectivity index is 2.11. The summed E-state index contributed by atoms with van der Waals surface area (Å²) in [5.41, 5.74) is 0. The molecule has 0 aliphatic carbocycles. The van der Waals surface area contributed by atoms with Crippen LogP contribution in [0.15, 0.2) is 0 Å². The molecule has 538 valence electrons. The normalized spacial score (nSPS) is 18.3. The lowest BCUT2D eigenvalue weighted by Crippen LogP contribution is -2.60. The van der Waals surface area contributed by atoms with Gasteiger partial charge in [-0.15, -0.1) is 0 Å². The molecule has 1 saturated heterocycles. The van der Waals surface area contributed by atoms with Crippen LogP contribution >= 0.6 is 0 Å². The summed E-state index contributed by atoms with van der Waals surface area (Å²) in [6.07, 6.45) is 73.7. The standard InChI is InChI=1S/C79H157NO10/c1-3-5-7-9-11-13-15-17-19-21-23-25-27-29-31-33-35-37-39-41-43-45-47-49-51-53-55-57-59-61-63-65-67-72(83)78(88)80-70(69-89-79-77(87)76(86)75(85)73(68-81)90-79)74(84)71(82)66-64-62-60-58-56-54-52-50-48-46-44-42-40-38-36-34-32-30-28-26-24-22-20-18-16-14-12-10-8-6-4-2/h70-77,79,81-87H,3-69H2,1-2H3,(H,80,88). The van der Waals surface area contributed by atoms with Crippen molar-refractivity contribution < 1.29 is 50.0 Å². The van der Waals surface area contributed by atoms with Gasteiger partial charge in [-0.1, -0.05) is 418 Å². The van der Waals surface area contributed by atoms with Gasteiger partial charge in [0.05, 0.1) is 25.4 Å². The highest BCUT2D eigenvalue weighted by Crippen LogP contribution is 2.25. The Labute approximate surface area is 558 Å². The summed E-state index contributed by atoms with van der Waals surface area (Å²) in [7, 11) is 0. The summed E-state index contributed by atoms with van der Waals surface area (Å²) < 4.78 is 11.2. The minimum atomic E-state index is -1.66. The van der Waals surface area contributed by atoms with Gasteiger partial charge in [0.25, 0.3) is 0 Å². The van der Waals surface area contributed by atoms with Crippen LogP contribution in [0.1, 0.15) is 431 Å². The molecule has 1 heterocycles. The molecule has 11 nitrogen and oxygen atoms in total. The molecular weight excluding hydrogens is 1120 g/mol. The Hall–Kier alpha value is -0.890. The minimum Gasteiger partial charge on any atom is -0.394 e. The number of hydrogen-bond donors (Lipinski definition) is 8. The van der Waals surface area contributed by atoms with E-state index >= 15 is 0 Å². The second-order valence-electron chi connectivity index (χ2n) is 28.9. The van der Waals surface area contributed by atoms with Gasteiger partial charge in [0.2, 0.25) is 5.91 Å². The van der Waals surface area contributed by atoms with Gasteiger partial charge in [0.15, 0.2) is 6.29 Å². The van der Waals surface area contributed by atoms with E-state index in [1.54, 1.807) is 0 Å². The molecule has 0 aromatic rings. The number of amides is 1. The van der Waals surface area contributed by atoms with Crippen LogP contribution in [-0.4, -0.2) is 110 Å². The number of hydrogen-bond acceptors (Lipinski definition) is 10. The third kappa shape index (κ3) is 54.3. The molecule has 1 aliphatic rings. The highest BCUT2D eigenvalue weighted by molar-refractivity contribution is 5.80. The lowest BCUT2D eigenvalue weighted by atomic mass is 9.98. The molecule has 0 aromatic heterocycles. The van der Waals surface area contributed by atoms with Crippen molar-refractivity contribution in [1.29, 1.82) is 0 Å². The van der Waals surface area contributed by atoms with E-state index in [0.717, 1.165) is 38.5 Å². The van der Waals surface area contributed by atoms with Crippen molar-refractivity contribution in [2.45, 2.75) is 486 Å². The fourth-order valence-electron chi connectivity index (χ4n) is 13.7. The molecule has 1 amide bonds. The minimum absolute atomic E-state index is 0.268. The van der Waals surface area contributed by atoms with E-state index in [2.05, 4.69) is 19.2 Å². The molecule has 8 N–H and O–H groups in total. The highest BCUT2D eigenvalue weighted by atomic mass is 16.7. The number of aliphatic hydroxyl groups is 7. The highest BCUT2D eigenvalue weighted by Gasteiger charge is 2.44. The van der Waals surface area contributed by atoms with Crippen LogP contribution in [0.5, 0.6) is 0 Å². The molecule has 0 saturated carbocycles. The van der Waals surface area contributed by atoms with E-state index in [1.165, 1.54) is 353 Å². The van der Waals surface area contributed by atoms with Crippen LogP contribution in [0.4, 0.5) is 0 Å². The van der Waals surface area contributed by atoms with Crippen molar-refractivity contribution in [3.63, 3.8) is 0 Å². The zero-order valence-corrected chi connectivity index (χ0v) is 59.9. The average molecular weight is 1280 g/mol. The van der Waals surface area contributed by atoms with Gasteiger partial charge in [0.1, 0.15) is 36.6 Å². The topological polar surface area (TPSA) is 189 Å². The van der Waals surface area contributed by atoms with Gasteiger partial charge in [0, 0.05) is 0 Å². The quantitative estimate of drug-likeness (QED) is 0.0272. The molecule has 1 rings (SSSR count). The van der Waals surface area contributed by atoms with Crippen molar-refractivity contribution in [2.75, 3.05) is 13.2 Å². The lowest BCUT2D eigenvalue weighted by molar-refractivity contribution is -0.303. The van der Waals surface area contributed by atoms with Crippen LogP contribution in [-0.2, 0) is 14.3 Å².